The van der Waals surface area contributed by atoms with Crippen molar-refractivity contribution in [3.8, 4) is 0 Å². The van der Waals surface area contributed by atoms with E-state index in [1.54, 1.807) is 5.37 Å². The second-order valence-electron chi connectivity index (χ2n) is 2.16. The molecule has 0 N–H and O–H groups in total. The van der Waals surface area contributed by atoms with Crippen LogP contribution < -0.4 is 0 Å². The van der Waals surface area contributed by atoms with Crippen LogP contribution in [-0.2, 0) is 0 Å². The highest BCUT2D eigenvalue weighted by Gasteiger charge is 1.95. The zero-order valence-electron chi connectivity index (χ0n) is 5.34. The molecule has 0 radical (unpaired) electrons. The van der Waals surface area contributed by atoms with Crippen molar-refractivity contribution in [1.82, 2.24) is 0 Å². The first kappa shape index (κ1) is 6.69. The monoisotopic (exact) mass is 138 g/mol. The molecule has 48 valence electrons. The van der Waals surface area contributed by atoms with Crippen LogP contribution in [-0.4, -0.2) is 5.37 Å². The van der Waals surface area contributed by atoms with E-state index in [4.69, 9.17) is 12.2 Å². The van der Waals surface area contributed by atoms with Crippen molar-refractivity contribution in [1.29, 1.82) is 0 Å². The van der Waals surface area contributed by atoms with Crippen molar-refractivity contribution in [2.75, 3.05) is 0 Å². The van der Waals surface area contributed by atoms with Gasteiger partial charge >= 0.3 is 0 Å². The standard InChI is InChI=1S/C8H10S/c9-7-6-8-4-2-1-3-5-8/h1-2,4,7H,3,5-6H2. The van der Waals surface area contributed by atoms with E-state index in [2.05, 4.69) is 18.2 Å². The largest absolute Gasteiger partial charge is 0.0931 e. The van der Waals surface area contributed by atoms with E-state index in [1.807, 2.05) is 0 Å². The molecular formula is C8H10S. The third kappa shape index (κ3) is 2.10. The van der Waals surface area contributed by atoms with E-state index < -0.39 is 0 Å². The van der Waals surface area contributed by atoms with Crippen LogP contribution in [0.2, 0.25) is 0 Å². The second kappa shape index (κ2) is 3.57. The van der Waals surface area contributed by atoms with E-state index >= 15 is 0 Å². The molecular weight excluding hydrogens is 128 g/mol. The van der Waals surface area contributed by atoms with E-state index in [9.17, 15) is 0 Å². The molecule has 1 aliphatic rings. The Balaban J connectivity index is 2.47. The summed E-state index contributed by atoms with van der Waals surface area (Å²) in [6, 6.07) is 0. The van der Waals surface area contributed by atoms with Gasteiger partial charge in [0.15, 0.2) is 0 Å². The minimum Gasteiger partial charge on any atom is -0.0931 e. The molecule has 1 aliphatic carbocycles. The Hall–Kier alpha value is -0.430. The minimum atomic E-state index is 0.986. The first-order valence-corrected chi connectivity index (χ1v) is 3.69. The summed E-state index contributed by atoms with van der Waals surface area (Å²) in [5.41, 5.74) is 1.47. The molecule has 0 atom stereocenters. The maximum Gasteiger partial charge on any atom is -0.00304 e. The average molecular weight is 138 g/mol. The summed E-state index contributed by atoms with van der Waals surface area (Å²) in [7, 11) is 0. The number of thiocarbonyl (C=S) groups is 1. The first-order chi connectivity index (χ1) is 4.43. The summed E-state index contributed by atoms with van der Waals surface area (Å²) in [5.74, 6) is 0. The van der Waals surface area contributed by atoms with Gasteiger partial charge in [-0.25, -0.2) is 0 Å². The molecule has 0 aliphatic heterocycles. The Morgan fingerprint density at radius 3 is 3.11 bits per heavy atom. The van der Waals surface area contributed by atoms with Gasteiger partial charge in [0, 0.05) is 0 Å². The fourth-order valence-electron chi connectivity index (χ4n) is 0.930. The first-order valence-electron chi connectivity index (χ1n) is 3.21. The summed E-state index contributed by atoms with van der Waals surface area (Å²) in [4.78, 5) is 0. The van der Waals surface area contributed by atoms with Crippen molar-refractivity contribution in [2.45, 2.75) is 19.3 Å². The topological polar surface area (TPSA) is 0 Å². The Bertz CT molecular complexity index is 154. The summed E-state index contributed by atoms with van der Waals surface area (Å²) < 4.78 is 0. The fourth-order valence-corrected chi connectivity index (χ4v) is 1.14. The number of hydrogen-bond acceptors (Lipinski definition) is 1. The molecule has 0 heterocycles. The summed E-state index contributed by atoms with van der Waals surface area (Å²) in [6.45, 7) is 0. The van der Waals surface area contributed by atoms with Gasteiger partial charge in [-0.15, -0.1) is 0 Å². The molecule has 0 aromatic rings. The zero-order chi connectivity index (χ0) is 6.53. The SMILES string of the molecule is S=CCC1=CC=CCC1. The van der Waals surface area contributed by atoms with Gasteiger partial charge in [-0.1, -0.05) is 36.0 Å². The molecule has 0 amide bonds. The predicted molar refractivity (Wildman–Crippen MR) is 44.7 cm³/mol. The van der Waals surface area contributed by atoms with Crippen LogP contribution in [0.3, 0.4) is 0 Å². The smallest absolute Gasteiger partial charge is 0.00304 e. The van der Waals surface area contributed by atoms with Crippen LogP contribution in [0.5, 0.6) is 0 Å². The lowest BCUT2D eigenvalue weighted by atomic mass is 10.0. The number of allylic oxidation sites excluding steroid dienone is 4. The van der Waals surface area contributed by atoms with Crippen molar-refractivity contribution >= 4 is 17.6 Å². The molecule has 0 saturated carbocycles. The molecule has 1 heteroatoms. The van der Waals surface area contributed by atoms with Crippen molar-refractivity contribution < 1.29 is 0 Å². The molecule has 0 nitrogen and oxygen atoms in total. The Morgan fingerprint density at radius 2 is 2.56 bits per heavy atom. The molecule has 0 unspecified atom stereocenters. The van der Waals surface area contributed by atoms with Gasteiger partial charge in [0.05, 0.1) is 0 Å². The Morgan fingerprint density at radius 1 is 1.67 bits per heavy atom. The predicted octanol–water partition coefficient (Wildman–Crippen LogP) is 2.65. The summed E-state index contributed by atoms with van der Waals surface area (Å²) >= 11 is 4.74. The van der Waals surface area contributed by atoms with Crippen LogP contribution in [0.4, 0.5) is 0 Å². The third-order valence-electron chi connectivity index (χ3n) is 1.45. The van der Waals surface area contributed by atoms with Crippen molar-refractivity contribution in [3.05, 3.63) is 23.8 Å². The van der Waals surface area contributed by atoms with Crippen LogP contribution in [0.15, 0.2) is 23.8 Å². The molecule has 0 fully saturated rings. The summed E-state index contributed by atoms with van der Waals surface area (Å²) in [5, 5.41) is 1.80. The maximum absolute atomic E-state index is 4.74. The van der Waals surface area contributed by atoms with E-state index in [-0.39, 0.29) is 0 Å². The highest BCUT2D eigenvalue weighted by molar-refractivity contribution is 7.79. The van der Waals surface area contributed by atoms with Gasteiger partial charge in [-0.3, -0.25) is 0 Å². The van der Waals surface area contributed by atoms with E-state index in [0.717, 1.165) is 6.42 Å². The van der Waals surface area contributed by atoms with E-state index in [1.165, 1.54) is 18.4 Å². The van der Waals surface area contributed by atoms with Crippen LogP contribution in [0.1, 0.15) is 19.3 Å². The maximum atomic E-state index is 4.74. The third-order valence-corrected chi connectivity index (χ3v) is 1.61. The number of hydrogen-bond donors (Lipinski definition) is 0. The lowest BCUT2D eigenvalue weighted by molar-refractivity contribution is 0.943. The van der Waals surface area contributed by atoms with Gasteiger partial charge in [0.25, 0.3) is 0 Å². The molecule has 0 saturated heterocycles. The molecule has 0 bridgehead atoms. The van der Waals surface area contributed by atoms with Gasteiger partial charge in [0.2, 0.25) is 0 Å². The molecule has 1 rings (SSSR count). The molecule has 0 spiro atoms. The normalized spacial score (nSPS) is 17.1. The highest BCUT2D eigenvalue weighted by atomic mass is 32.1. The van der Waals surface area contributed by atoms with Gasteiger partial charge in [-0.05, 0) is 24.6 Å². The fraction of sp³-hybridized carbons (Fsp3) is 0.375. The van der Waals surface area contributed by atoms with Crippen LogP contribution >= 0.6 is 12.2 Å². The Kier molecular flexibility index (Phi) is 2.65. The summed E-state index contributed by atoms with van der Waals surface area (Å²) in [6.07, 6.45) is 9.83. The minimum absolute atomic E-state index is 0.986. The van der Waals surface area contributed by atoms with Crippen molar-refractivity contribution in [3.63, 3.8) is 0 Å². The van der Waals surface area contributed by atoms with Crippen molar-refractivity contribution in [2.24, 2.45) is 0 Å². The highest BCUT2D eigenvalue weighted by Crippen LogP contribution is 2.13. The second-order valence-corrected chi connectivity index (χ2v) is 2.50. The zero-order valence-corrected chi connectivity index (χ0v) is 6.16. The average Bonchev–Trinajstić information content (AvgIpc) is 1.91. The molecule has 0 aromatic heterocycles. The van der Waals surface area contributed by atoms with Crippen LogP contribution in [0.25, 0.3) is 0 Å². The lowest BCUT2D eigenvalue weighted by Gasteiger charge is -2.03. The lowest BCUT2D eigenvalue weighted by Crippen LogP contribution is -1.86. The molecule has 9 heavy (non-hydrogen) atoms. The molecule has 0 aromatic carbocycles. The Labute approximate surface area is 61.3 Å². The van der Waals surface area contributed by atoms with Gasteiger partial charge in [-0.2, -0.15) is 0 Å². The van der Waals surface area contributed by atoms with E-state index in [0.29, 0.717) is 0 Å². The quantitative estimate of drug-likeness (QED) is 0.529. The van der Waals surface area contributed by atoms with Gasteiger partial charge < -0.3 is 0 Å². The number of rotatable bonds is 2. The van der Waals surface area contributed by atoms with Gasteiger partial charge in [0.1, 0.15) is 0 Å². The van der Waals surface area contributed by atoms with Crippen LogP contribution in [0, 0.1) is 0 Å².